The minimum atomic E-state index is -0.0663. The molecule has 3 rings (SSSR count). The van der Waals surface area contributed by atoms with Crippen LogP contribution in [0.4, 0.5) is 0 Å². The first-order valence-corrected chi connectivity index (χ1v) is 8.71. The number of piperazine rings is 1. The molecule has 7 heteroatoms. The van der Waals surface area contributed by atoms with Crippen LogP contribution in [-0.2, 0) is 10.2 Å². The molecule has 1 aromatic heterocycles. The zero-order valence-corrected chi connectivity index (χ0v) is 14.8. The summed E-state index contributed by atoms with van der Waals surface area (Å²) in [6.45, 7) is 9.53. The number of aromatic nitrogens is 2. The lowest BCUT2D eigenvalue weighted by atomic mass is 9.92. The smallest absolute Gasteiger partial charge is 0.274 e. The van der Waals surface area contributed by atoms with Gasteiger partial charge in [0.1, 0.15) is 5.69 Å². The van der Waals surface area contributed by atoms with Gasteiger partial charge in [0.25, 0.3) is 5.91 Å². The van der Waals surface area contributed by atoms with Gasteiger partial charge in [-0.1, -0.05) is 20.8 Å². The number of nitrogens with one attached hydrogen (secondary N) is 2. The normalized spacial score (nSPS) is 22.8. The van der Waals surface area contributed by atoms with E-state index in [9.17, 15) is 9.59 Å². The van der Waals surface area contributed by atoms with E-state index in [0.717, 1.165) is 38.2 Å². The second-order valence-corrected chi connectivity index (χ2v) is 7.73. The summed E-state index contributed by atoms with van der Waals surface area (Å²) in [6, 6.07) is 1.97. The van der Waals surface area contributed by atoms with Crippen molar-refractivity contribution in [3.63, 3.8) is 0 Å². The van der Waals surface area contributed by atoms with Crippen molar-refractivity contribution in [2.75, 3.05) is 32.7 Å². The molecule has 132 valence electrons. The summed E-state index contributed by atoms with van der Waals surface area (Å²) in [5, 5.41) is 10.3. The van der Waals surface area contributed by atoms with Gasteiger partial charge in [0.05, 0.1) is 6.54 Å². The van der Waals surface area contributed by atoms with E-state index in [4.69, 9.17) is 0 Å². The summed E-state index contributed by atoms with van der Waals surface area (Å²) in [6.07, 6.45) is 1.88. The molecular formula is C17H27N5O2. The maximum Gasteiger partial charge on any atom is 0.274 e. The van der Waals surface area contributed by atoms with Crippen LogP contribution in [0, 0.1) is 0 Å². The van der Waals surface area contributed by atoms with Gasteiger partial charge in [0.15, 0.2) is 0 Å². The van der Waals surface area contributed by atoms with Crippen LogP contribution in [0.5, 0.6) is 0 Å². The summed E-state index contributed by atoms with van der Waals surface area (Å²) >= 11 is 0. The van der Waals surface area contributed by atoms with E-state index < -0.39 is 0 Å². The number of hydrogen-bond donors (Lipinski definition) is 2. The molecule has 2 aliphatic heterocycles. The monoisotopic (exact) mass is 333 g/mol. The molecule has 0 spiro atoms. The lowest BCUT2D eigenvalue weighted by Gasteiger charge is -2.40. The molecule has 2 fully saturated rings. The van der Waals surface area contributed by atoms with Crippen LogP contribution in [0.2, 0.25) is 0 Å². The molecule has 0 radical (unpaired) electrons. The second-order valence-electron chi connectivity index (χ2n) is 7.73. The molecule has 2 N–H and O–H groups in total. The Kier molecular flexibility index (Phi) is 4.62. The maximum atomic E-state index is 12.8. The minimum Gasteiger partial charge on any atom is -0.336 e. The highest BCUT2D eigenvalue weighted by atomic mass is 16.2. The van der Waals surface area contributed by atoms with E-state index in [1.54, 1.807) is 0 Å². The van der Waals surface area contributed by atoms with E-state index in [0.29, 0.717) is 18.8 Å². The van der Waals surface area contributed by atoms with Crippen molar-refractivity contribution < 1.29 is 9.59 Å². The first-order chi connectivity index (χ1) is 11.4. The molecule has 2 saturated heterocycles. The van der Waals surface area contributed by atoms with E-state index in [2.05, 4.69) is 36.3 Å². The van der Waals surface area contributed by atoms with Gasteiger partial charge in [-0.25, -0.2) is 0 Å². The molecule has 2 aliphatic rings. The summed E-state index contributed by atoms with van der Waals surface area (Å²) in [5.41, 5.74) is 1.35. The fourth-order valence-electron chi connectivity index (χ4n) is 3.38. The molecule has 0 saturated carbocycles. The highest BCUT2D eigenvalue weighted by Crippen LogP contribution is 2.22. The largest absolute Gasteiger partial charge is 0.336 e. The number of carbonyl (C=O) groups is 2. The van der Waals surface area contributed by atoms with Crippen molar-refractivity contribution in [2.45, 2.75) is 45.1 Å². The molecule has 24 heavy (non-hydrogen) atoms. The Morgan fingerprint density at radius 1 is 1.33 bits per heavy atom. The number of rotatable bonds is 2. The molecule has 7 nitrogen and oxygen atoms in total. The summed E-state index contributed by atoms with van der Waals surface area (Å²) < 4.78 is 0. The van der Waals surface area contributed by atoms with Gasteiger partial charge in [0.2, 0.25) is 5.91 Å². The van der Waals surface area contributed by atoms with Crippen LogP contribution in [0.25, 0.3) is 0 Å². The molecule has 0 aromatic carbocycles. The van der Waals surface area contributed by atoms with E-state index in [1.807, 2.05) is 15.9 Å². The van der Waals surface area contributed by atoms with Crippen LogP contribution in [0.15, 0.2) is 6.07 Å². The summed E-state index contributed by atoms with van der Waals surface area (Å²) in [4.78, 5) is 28.6. The first-order valence-electron chi connectivity index (χ1n) is 8.71. The van der Waals surface area contributed by atoms with Gasteiger partial charge in [-0.15, -0.1) is 0 Å². The van der Waals surface area contributed by atoms with Crippen LogP contribution in [0.3, 0.4) is 0 Å². The average molecular weight is 333 g/mol. The number of nitrogens with zero attached hydrogens (tertiary/aromatic N) is 3. The zero-order valence-electron chi connectivity index (χ0n) is 14.8. The SMILES string of the molecule is CC(C)(C)c1cc(C(=O)N2CCCC(N3CCNCC3=O)C2)n[nH]1. The molecule has 1 aromatic rings. The van der Waals surface area contributed by atoms with Crippen molar-refractivity contribution >= 4 is 11.8 Å². The number of likely N-dealkylation sites (tertiary alicyclic amines) is 1. The Labute approximate surface area is 142 Å². The van der Waals surface area contributed by atoms with Crippen molar-refractivity contribution in [1.82, 2.24) is 25.3 Å². The zero-order chi connectivity index (χ0) is 17.3. The van der Waals surface area contributed by atoms with Crippen LogP contribution in [-0.4, -0.2) is 70.6 Å². The van der Waals surface area contributed by atoms with E-state index in [1.165, 1.54) is 0 Å². The van der Waals surface area contributed by atoms with Gasteiger partial charge >= 0.3 is 0 Å². The third-order valence-electron chi connectivity index (χ3n) is 4.86. The summed E-state index contributed by atoms with van der Waals surface area (Å²) in [5.74, 6) is 0.0874. The Morgan fingerprint density at radius 2 is 2.12 bits per heavy atom. The van der Waals surface area contributed by atoms with Crippen molar-refractivity contribution in [3.8, 4) is 0 Å². The number of aromatic amines is 1. The van der Waals surface area contributed by atoms with Gasteiger partial charge < -0.3 is 15.1 Å². The Bertz CT molecular complexity index is 619. The molecule has 0 bridgehead atoms. The third kappa shape index (κ3) is 3.45. The quantitative estimate of drug-likeness (QED) is 0.837. The molecule has 0 aliphatic carbocycles. The Morgan fingerprint density at radius 3 is 2.79 bits per heavy atom. The molecular weight excluding hydrogens is 306 g/mol. The minimum absolute atomic E-state index is 0.0472. The number of H-pyrrole nitrogens is 1. The highest BCUT2D eigenvalue weighted by Gasteiger charge is 2.32. The van der Waals surface area contributed by atoms with Crippen LogP contribution in [0.1, 0.15) is 49.8 Å². The fourth-order valence-corrected chi connectivity index (χ4v) is 3.38. The fraction of sp³-hybridized carbons (Fsp3) is 0.706. The third-order valence-corrected chi connectivity index (χ3v) is 4.86. The molecule has 3 heterocycles. The van der Waals surface area contributed by atoms with Crippen molar-refractivity contribution in [3.05, 3.63) is 17.5 Å². The van der Waals surface area contributed by atoms with Gasteiger partial charge in [-0.05, 0) is 18.9 Å². The van der Waals surface area contributed by atoms with Gasteiger partial charge in [-0.3, -0.25) is 14.7 Å². The second kappa shape index (κ2) is 6.55. The van der Waals surface area contributed by atoms with Crippen LogP contribution >= 0.6 is 0 Å². The van der Waals surface area contributed by atoms with E-state index in [-0.39, 0.29) is 23.3 Å². The predicted octanol–water partition coefficient (Wildman–Crippen LogP) is 0.744. The van der Waals surface area contributed by atoms with E-state index >= 15 is 0 Å². The Hall–Kier alpha value is -1.89. The van der Waals surface area contributed by atoms with Gasteiger partial charge in [-0.2, -0.15) is 5.10 Å². The number of carbonyl (C=O) groups excluding carboxylic acids is 2. The lowest BCUT2D eigenvalue weighted by Crippen LogP contribution is -2.57. The first kappa shape index (κ1) is 17.0. The van der Waals surface area contributed by atoms with Crippen LogP contribution < -0.4 is 5.32 Å². The Balaban J connectivity index is 1.69. The lowest BCUT2D eigenvalue weighted by molar-refractivity contribution is -0.135. The molecule has 1 atom stereocenters. The molecule has 1 unspecified atom stereocenters. The number of amides is 2. The highest BCUT2D eigenvalue weighted by molar-refractivity contribution is 5.92. The summed E-state index contributed by atoms with van der Waals surface area (Å²) in [7, 11) is 0. The molecule has 2 amide bonds. The average Bonchev–Trinajstić information content (AvgIpc) is 3.05. The number of hydrogen-bond acceptors (Lipinski definition) is 4. The topological polar surface area (TPSA) is 81.3 Å². The van der Waals surface area contributed by atoms with Crippen molar-refractivity contribution in [1.29, 1.82) is 0 Å². The standard InChI is InChI=1S/C17H27N5O2/c1-17(2,3)14-9-13(19-20-14)16(24)21-7-4-5-12(11-21)22-8-6-18-10-15(22)23/h9,12,18H,4-8,10-11H2,1-3H3,(H,19,20). The number of piperidine rings is 1. The van der Waals surface area contributed by atoms with Gasteiger partial charge in [0, 0.05) is 43.3 Å². The van der Waals surface area contributed by atoms with Crippen molar-refractivity contribution in [2.24, 2.45) is 0 Å². The predicted molar refractivity (Wildman–Crippen MR) is 90.8 cm³/mol. The maximum absolute atomic E-state index is 12.8.